The number of nitrogens with one attached hydrogen (secondary N) is 1. The van der Waals surface area contributed by atoms with Crippen LogP contribution in [0.5, 0.6) is 0 Å². The van der Waals surface area contributed by atoms with Crippen molar-refractivity contribution in [3.05, 3.63) is 65.2 Å². The number of primary amides is 1. The molecule has 3 rings (SSSR count). The molecule has 1 aliphatic heterocycles. The second-order valence-electron chi connectivity index (χ2n) is 6.25. The highest BCUT2D eigenvalue weighted by molar-refractivity contribution is 5.80. The van der Waals surface area contributed by atoms with Gasteiger partial charge in [-0.3, -0.25) is 9.69 Å². The number of anilines is 1. The van der Waals surface area contributed by atoms with Crippen molar-refractivity contribution in [1.82, 2.24) is 4.90 Å². The van der Waals surface area contributed by atoms with E-state index in [4.69, 9.17) is 5.73 Å². The summed E-state index contributed by atoms with van der Waals surface area (Å²) in [6, 6.07) is 11.5. The van der Waals surface area contributed by atoms with E-state index in [1.165, 1.54) is 6.07 Å². The Labute approximate surface area is 145 Å². The normalized spacial score (nSPS) is 17.6. The third kappa shape index (κ3) is 3.96. The predicted octanol–water partition coefficient (Wildman–Crippen LogP) is 3.03. The smallest absolute Gasteiger partial charge is 0.234 e. The van der Waals surface area contributed by atoms with Crippen molar-refractivity contribution in [1.29, 1.82) is 0 Å². The van der Waals surface area contributed by atoms with E-state index >= 15 is 0 Å². The first-order chi connectivity index (χ1) is 12.1. The lowest BCUT2D eigenvalue weighted by Crippen LogP contribution is -2.39. The molecule has 0 spiro atoms. The Hall–Kier alpha value is -2.47. The summed E-state index contributed by atoms with van der Waals surface area (Å²) >= 11 is 0. The largest absolute Gasteiger partial charge is 0.381 e. The third-order valence-electron chi connectivity index (χ3n) is 4.58. The summed E-state index contributed by atoms with van der Waals surface area (Å²) in [6.45, 7) is 1.59. The van der Waals surface area contributed by atoms with Gasteiger partial charge in [0.25, 0.3) is 0 Å². The molecule has 4 nitrogen and oxygen atoms in total. The molecule has 0 radical (unpaired) electrons. The number of likely N-dealkylation sites (tertiary alicyclic amines) is 1. The van der Waals surface area contributed by atoms with Crippen LogP contribution in [0.4, 0.5) is 14.5 Å². The van der Waals surface area contributed by atoms with Crippen molar-refractivity contribution < 1.29 is 13.6 Å². The van der Waals surface area contributed by atoms with E-state index < -0.39 is 11.6 Å². The highest BCUT2D eigenvalue weighted by Gasteiger charge is 2.29. The maximum absolute atomic E-state index is 13.8. The Kier molecular flexibility index (Phi) is 5.28. The molecule has 3 N–H and O–H groups in total. The van der Waals surface area contributed by atoms with Crippen molar-refractivity contribution in [2.45, 2.75) is 32.0 Å². The fourth-order valence-corrected chi connectivity index (χ4v) is 3.26. The number of benzene rings is 2. The van der Waals surface area contributed by atoms with Gasteiger partial charge in [-0.05, 0) is 37.1 Å². The number of nitrogens with two attached hydrogens (primary N) is 1. The van der Waals surface area contributed by atoms with Crippen molar-refractivity contribution >= 4 is 11.6 Å². The first-order valence-electron chi connectivity index (χ1n) is 8.34. The molecule has 6 heteroatoms. The van der Waals surface area contributed by atoms with Crippen molar-refractivity contribution in [3.63, 3.8) is 0 Å². The molecule has 25 heavy (non-hydrogen) atoms. The van der Waals surface area contributed by atoms with Crippen LogP contribution < -0.4 is 11.1 Å². The van der Waals surface area contributed by atoms with Crippen molar-refractivity contribution in [2.24, 2.45) is 5.73 Å². The molecule has 0 aliphatic carbocycles. The van der Waals surface area contributed by atoms with Gasteiger partial charge in [-0.25, -0.2) is 8.78 Å². The monoisotopic (exact) mass is 345 g/mol. The van der Waals surface area contributed by atoms with Gasteiger partial charge in [-0.15, -0.1) is 0 Å². The van der Waals surface area contributed by atoms with Crippen LogP contribution in [0.25, 0.3) is 0 Å². The van der Waals surface area contributed by atoms with E-state index in [1.807, 2.05) is 24.3 Å². The van der Waals surface area contributed by atoms with Crippen LogP contribution in [0.3, 0.4) is 0 Å². The molecule has 1 fully saturated rings. The number of hydrogen-bond acceptors (Lipinski definition) is 3. The minimum absolute atomic E-state index is 0.180. The number of carbonyl (C=O) groups is 1. The summed E-state index contributed by atoms with van der Waals surface area (Å²) in [7, 11) is 0. The SMILES string of the molecule is NC(=O)C1CCCN1Cc1ccccc1NCc1cccc(F)c1F. The number of halogens is 2. The number of para-hydroxylation sites is 1. The first-order valence-corrected chi connectivity index (χ1v) is 8.34. The molecule has 1 amide bonds. The van der Waals surface area contributed by atoms with E-state index in [0.29, 0.717) is 6.54 Å². The van der Waals surface area contributed by atoms with E-state index in [-0.39, 0.29) is 24.1 Å². The summed E-state index contributed by atoms with van der Waals surface area (Å²) in [5, 5.41) is 3.17. The second-order valence-corrected chi connectivity index (χ2v) is 6.25. The van der Waals surface area contributed by atoms with Crippen molar-refractivity contribution in [2.75, 3.05) is 11.9 Å². The lowest BCUT2D eigenvalue weighted by atomic mass is 10.1. The van der Waals surface area contributed by atoms with Crippen LogP contribution in [-0.4, -0.2) is 23.4 Å². The van der Waals surface area contributed by atoms with E-state index in [2.05, 4.69) is 10.2 Å². The highest BCUT2D eigenvalue weighted by atomic mass is 19.2. The highest BCUT2D eigenvalue weighted by Crippen LogP contribution is 2.24. The first kappa shape index (κ1) is 17.4. The minimum Gasteiger partial charge on any atom is -0.381 e. The molecule has 1 saturated heterocycles. The van der Waals surface area contributed by atoms with Gasteiger partial charge >= 0.3 is 0 Å². The van der Waals surface area contributed by atoms with Crippen LogP contribution in [-0.2, 0) is 17.9 Å². The molecular formula is C19H21F2N3O. The minimum atomic E-state index is -0.853. The Morgan fingerprint density at radius 2 is 1.92 bits per heavy atom. The van der Waals surface area contributed by atoms with Crippen LogP contribution >= 0.6 is 0 Å². The average molecular weight is 345 g/mol. The fourth-order valence-electron chi connectivity index (χ4n) is 3.26. The number of nitrogens with zero attached hydrogens (tertiary/aromatic N) is 1. The summed E-state index contributed by atoms with van der Waals surface area (Å²) in [5.74, 6) is -1.99. The maximum atomic E-state index is 13.8. The molecular weight excluding hydrogens is 324 g/mol. The van der Waals surface area contributed by atoms with Gasteiger partial charge in [0.2, 0.25) is 5.91 Å². The van der Waals surface area contributed by atoms with Gasteiger partial charge in [0, 0.05) is 24.3 Å². The van der Waals surface area contributed by atoms with Crippen LogP contribution in [0, 0.1) is 11.6 Å². The van der Waals surface area contributed by atoms with Gasteiger partial charge < -0.3 is 11.1 Å². The molecule has 2 aromatic rings. The Bertz CT molecular complexity index is 766. The van der Waals surface area contributed by atoms with Gasteiger partial charge in [0.15, 0.2) is 11.6 Å². The molecule has 1 atom stereocenters. The summed E-state index contributed by atoms with van der Waals surface area (Å²) in [4.78, 5) is 13.6. The van der Waals surface area contributed by atoms with Crippen LogP contribution in [0.2, 0.25) is 0 Å². The summed E-state index contributed by atoms with van der Waals surface area (Å²) in [5.41, 5.74) is 7.57. The van der Waals surface area contributed by atoms with Crippen LogP contribution in [0.1, 0.15) is 24.0 Å². The number of hydrogen-bond donors (Lipinski definition) is 2. The third-order valence-corrected chi connectivity index (χ3v) is 4.58. The topological polar surface area (TPSA) is 58.4 Å². The number of amides is 1. The van der Waals surface area contributed by atoms with Crippen molar-refractivity contribution in [3.8, 4) is 0 Å². The van der Waals surface area contributed by atoms with Gasteiger partial charge in [0.05, 0.1) is 6.04 Å². The van der Waals surface area contributed by atoms with Gasteiger partial charge in [-0.1, -0.05) is 30.3 Å². The summed E-state index contributed by atoms with van der Waals surface area (Å²) in [6.07, 6.45) is 1.72. The molecule has 0 aromatic heterocycles. The number of rotatable bonds is 6. The quantitative estimate of drug-likeness (QED) is 0.846. The van der Waals surface area contributed by atoms with E-state index in [0.717, 1.165) is 36.7 Å². The van der Waals surface area contributed by atoms with Gasteiger partial charge in [0.1, 0.15) is 0 Å². The zero-order chi connectivity index (χ0) is 17.8. The lowest BCUT2D eigenvalue weighted by molar-refractivity contribution is -0.122. The van der Waals surface area contributed by atoms with E-state index in [1.54, 1.807) is 6.07 Å². The lowest BCUT2D eigenvalue weighted by Gasteiger charge is -2.23. The molecule has 132 valence electrons. The molecule has 0 saturated carbocycles. The number of carbonyl (C=O) groups excluding carboxylic acids is 1. The molecule has 1 aliphatic rings. The standard InChI is InChI=1S/C19H21F2N3O/c20-15-7-3-6-13(18(15)21)11-23-16-8-2-1-5-14(16)12-24-10-4-9-17(24)19(22)25/h1-3,5-8,17,23H,4,9-12H2,(H2,22,25). The fraction of sp³-hybridized carbons (Fsp3) is 0.316. The molecule has 2 aromatic carbocycles. The second kappa shape index (κ2) is 7.61. The predicted molar refractivity (Wildman–Crippen MR) is 92.8 cm³/mol. The Balaban J connectivity index is 1.73. The summed E-state index contributed by atoms with van der Waals surface area (Å²) < 4.78 is 27.1. The molecule has 1 unspecified atom stereocenters. The zero-order valence-electron chi connectivity index (χ0n) is 13.8. The Morgan fingerprint density at radius 3 is 2.72 bits per heavy atom. The van der Waals surface area contributed by atoms with Crippen LogP contribution in [0.15, 0.2) is 42.5 Å². The zero-order valence-corrected chi connectivity index (χ0v) is 13.8. The Morgan fingerprint density at radius 1 is 1.16 bits per heavy atom. The van der Waals surface area contributed by atoms with Gasteiger partial charge in [-0.2, -0.15) is 0 Å². The average Bonchev–Trinajstić information content (AvgIpc) is 3.06. The molecule has 1 heterocycles. The maximum Gasteiger partial charge on any atom is 0.234 e. The van der Waals surface area contributed by atoms with E-state index in [9.17, 15) is 13.6 Å². The molecule has 0 bridgehead atoms.